The van der Waals surface area contributed by atoms with E-state index in [1.807, 2.05) is 54.8 Å². The molecule has 0 saturated carbocycles. The first-order valence-electron chi connectivity index (χ1n) is 10.7. The highest BCUT2D eigenvalue weighted by Gasteiger charge is 2.22. The first-order valence-corrected chi connectivity index (χ1v) is 11.7. The molecule has 0 fully saturated rings. The van der Waals surface area contributed by atoms with Crippen LogP contribution >= 0.6 is 11.8 Å². The van der Waals surface area contributed by atoms with Crippen molar-refractivity contribution in [1.29, 1.82) is 0 Å². The Kier molecular flexibility index (Phi) is 6.89. The molecule has 1 heterocycles. The minimum atomic E-state index is -0.559. The maximum Gasteiger partial charge on any atom is 0.254 e. The van der Waals surface area contributed by atoms with Crippen molar-refractivity contribution in [3.63, 3.8) is 0 Å². The monoisotopic (exact) mass is 460 g/mol. The number of aromatic nitrogens is 3. The number of nitrogens with zero attached hydrogens (tertiary/aromatic N) is 3. The molecule has 1 N–H and O–H groups in total. The minimum Gasteiger partial charge on any atom is -0.342 e. The number of hydrogen-bond acceptors (Lipinski definition) is 4. The average Bonchev–Trinajstić information content (AvgIpc) is 3.23. The van der Waals surface area contributed by atoms with Crippen LogP contribution in [0.15, 0.2) is 78.0 Å². The largest absolute Gasteiger partial charge is 0.342 e. The second-order valence-electron chi connectivity index (χ2n) is 7.90. The van der Waals surface area contributed by atoms with Gasteiger partial charge in [-0.2, -0.15) is 0 Å². The fourth-order valence-electron chi connectivity index (χ4n) is 3.49. The highest BCUT2D eigenvalue weighted by molar-refractivity contribution is 7.98. The number of hydrogen-bond donors (Lipinski definition) is 1. The van der Waals surface area contributed by atoms with Crippen LogP contribution in [-0.4, -0.2) is 20.7 Å². The van der Waals surface area contributed by atoms with Gasteiger partial charge in [-0.05, 0) is 56.2 Å². The van der Waals surface area contributed by atoms with Gasteiger partial charge >= 0.3 is 0 Å². The second kappa shape index (κ2) is 10.0. The summed E-state index contributed by atoms with van der Waals surface area (Å²) < 4.78 is 16.0. The van der Waals surface area contributed by atoms with Crippen molar-refractivity contribution in [3.05, 3.63) is 107 Å². The number of rotatable bonds is 7. The van der Waals surface area contributed by atoms with Gasteiger partial charge in [-0.25, -0.2) is 4.39 Å². The lowest BCUT2D eigenvalue weighted by molar-refractivity contribution is 0.0934. The standard InChI is InChI=1S/C26H25FN4OS/c1-17-12-14-21(15-13-17)31-24(19(3)28-25(32)22-10-6-7-11-23(22)27)29-30-26(31)33-16-20-9-5-4-8-18(20)2/h4-15,19H,16H2,1-3H3,(H,28,32). The molecule has 1 atom stereocenters. The Hall–Kier alpha value is -3.45. The van der Waals surface area contributed by atoms with Gasteiger partial charge in [0, 0.05) is 11.4 Å². The Morgan fingerprint density at radius 2 is 1.70 bits per heavy atom. The molecule has 0 saturated heterocycles. The first kappa shape index (κ1) is 22.7. The normalized spacial score (nSPS) is 11.9. The number of amides is 1. The number of thioether (sulfide) groups is 1. The van der Waals surface area contributed by atoms with Gasteiger partial charge in [-0.1, -0.05) is 65.9 Å². The smallest absolute Gasteiger partial charge is 0.254 e. The fourth-order valence-corrected chi connectivity index (χ4v) is 4.53. The van der Waals surface area contributed by atoms with Gasteiger partial charge in [0.25, 0.3) is 5.91 Å². The third-order valence-electron chi connectivity index (χ3n) is 5.42. The summed E-state index contributed by atoms with van der Waals surface area (Å²) >= 11 is 1.59. The van der Waals surface area contributed by atoms with Crippen molar-refractivity contribution < 1.29 is 9.18 Å². The summed E-state index contributed by atoms with van der Waals surface area (Å²) in [5.41, 5.74) is 4.49. The van der Waals surface area contributed by atoms with Crippen LogP contribution in [0, 0.1) is 19.7 Å². The molecule has 7 heteroatoms. The maximum absolute atomic E-state index is 14.1. The predicted molar refractivity (Wildman–Crippen MR) is 129 cm³/mol. The van der Waals surface area contributed by atoms with Crippen molar-refractivity contribution in [1.82, 2.24) is 20.1 Å². The third-order valence-corrected chi connectivity index (χ3v) is 6.40. The van der Waals surface area contributed by atoms with E-state index in [9.17, 15) is 9.18 Å². The summed E-state index contributed by atoms with van der Waals surface area (Å²) in [6.45, 7) is 5.94. The zero-order valence-corrected chi connectivity index (χ0v) is 19.6. The van der Waals surface area contributed by atoms with Gasteiger partial charge in [0.1, 0.15) is 5.82 Å². The summed E-state index contributed by atoms with van der Waals surface area (Å²) in [5.74, 6) is 0.271. The molecular weight excluding hydrogens is 435 g/mol. The Labute approximate surface area is 197 Å². The Balaban J connectivity index is 1.64. The molecule has 0 aliphatic heterocycles. The van der Waals surface area contributed by atoms with E-state index in [0.29, 0.717) is 5.82 Å². The van der Waals surface area contributed by atoms with Gasteiger partial charge in [-0.15, -0.1) is 10.2 Å². The van der Waals surface area contributed by atoms with Crippen LogP contribution < -0.4 is 5.32 Å². The molecule has 4 aromatic rings. The van der Waals surface area contributed by atoms with Gasteiger partial charge in [0.05, 0.1) is 11.6 Å². The highest BCUT2D eigenvalue weighted by Crippen LogP contribution is 2.28. The summed E-state index contributed by atoms with van der Waals surface area (Å²) in [6.07, 6.45) is 0. The molecule has 0 spiro atoms. The Bertz CT molecular complexity index is 1270. The molecule has 0 aliphatic carbocycles. The maximum atomic E-state index is 14.1. The number of carbonyl (C=O) groups is 1. The molecule has 0 radical (unpaired) electrons. The summed E-state index contributed by atoms with van der Waals surface area (Å²) in [6, 6.07) is 21.7. The van der Waals surface area contributed by atoms with E-state index in [1.54, 1.807) is 23.9 Å². The van der Waals surface area contributed by atoms with Crippen LogP contribution in [0.4, 0.5) is 4.39 Å². The lowest BCUT2D eigenvalue weighted by atomic mass is 10.1. The number of nitrogens with one attached hydrogen (secondary N) is 1. The van der Waals surface area contributed by atoms with Crippen molar-refractivity contribution in [3.8, 4) is 5.69 Å². The van der Waals surface area contributed by atoms with Crippen LogP contribution in [0.25, 0.3) is 5.69 Å². The molecule has 168 valence electrons. The number of carbonyl (C=O) groups excluding carboxylic acids is 1. The van der Waals surface area contributed by atoms with Gasteiger partial charge in [-0.3, -0.25) is 9.36 Å². The summed E-state index contributed by atoms with van der Waals surface area (Å²) in [5, 5.41) is 12.4. The van der Waals surface area contributed by atoms with Crippen molar-refractivity contribution >= 4 is 17.7 Å². The third kappa shape index (κ3) is 5.14. The van der Waals surface area contributed by atoms with Gasteiger partial charge in [0.2, 0.25) is 0 Å². The predicted octanol–water partition coefficient (Wildman–Crippen LogP) is 5.81. The van der Waals surface area contributed by atoms with E-state index in [2.05, 4.69) is 34.6 Å². The minimum absolute atomic E-state index is 0.0000903. The molecule has 5 nitrogen and oxygen atoms in total. The summed E-state index contributed by atoms with van der Waals surface area (Å²) in [4.78, 5) is 12.7. The SMILES string of the molecule is Cc1ccc(-n2c(SCc3ccccc3C)nnc2C(C)NC(=O)c2ccccc2F)cc1. The Morgan fingerprint density at radius 3 is 2.42 bits per heavy atom. The molecule has 0 bridgehead atoms. The van der Waals surface area contributed by atoms with Crippen molar-refractivity contribution in [2.75, 3.05) is 0 Å². The van der Waals surface area contributed by atoms with E-state index in [-0.39, 0.29) is 5.56 Å². The summed E-state index contributed by atoms with van der Waals surface area (Å²) in [7, 11) is 0. The zero-order chi connectivity index (χ0) is 23.4. The second-order valence-corrected chi connectivity index (χ2v) is 8.84. The Morgan fingerprint density at radius 1 is 1.00 bits per heavy atom. The van der Waals surface area contributed by atoms with E-state index in [0.717, 1.165) is 22.2 Å². The van der Waals surface area contributed by atoms with Crippen LogP contribution in [0.1, 0.15) is 45.8 Å². The lowest BCUT2D eigenvalue weighted by Crippen LogP contribution is -2.29. The fraction of sp³-hybridized carbons (Fsp3) is 0.192. The molecule has 0 aliphatic rings. The molecule has 1 amide bonds. The molecule has 33 heavy (non-hydrogen) atoms. The zero-order valence-electron chi connectivity index (χ0n) is 18.7. The first-order chi connectivity index (χ1) is 15.9. The highest BCUT2D eigenvalue weighted by atomic mass is 32.2. The van der Waals surface area contributed by atoms with Crippen LogP contribution in [0.3, 0.4) is 0 Å². The van der Waals surface area contributed by atoms with Crippen LogP contribution in [-0.2, 0) is 5.75 Å². The van der Waals surface area contributed by atoms with Crippen LogP contribution in [0.5, 0.6) is 0 Å². The molecule has 1 aromatic heterocycles. The van der Waals surface area contributed by atoms with Crippen molar-refractivity contribution in [2.24, 2.45) is 0 Å². The molecular formula is C26H25FN4OS. The van der Waals surface area contributed by atoms with E-state index < -0.39 is 17.8 Å². The van der Waals surface area contributed by atoms with Gasteiger partial charge < -0.3 is 5.32 Å². The topological polar surface area (TPSA) is 59.8 Å². The lowest BCUT2D eigenvalue weighted by Gasteiger charge is -2.17. The number of halogens is 1. The molecule has 4 rings (SSSR count). The average molecular weight is 461 g/mol. The van der Waals surface area contributed by atoms with E-state index >= 15 is 0 Å². The number of aryl methyl sites for hydroxylation is 2. The number of benzene rings is 3. The van der Waals surface area contributed by atoms with Crippen LogP contribution in [0.2, 0.25) is 0 Å². The van der Waals surface area contributed by atoms with E-state index in [4.69, 9.17) is 0 Å². The van der Waals surface area contributed by atoms with Gasteiger partial charge in [0.15, 0.2) is 11.0 Å². The quantitative estimate of drug-likeness (QED) is 0.354. The van der Waals surface area contributed by atoms with E-state index in [1.165, 1.54) is 23.3 Å². The molecule has 1 unspecified atom stereocenters. The van der Waals surface area contributed by atoms with Crippen molar-refractivity contribution in [2.45, 2.75) is 37.7 Å². The molecule has 3 aromatic carbocycles.